The number of nitrogens with zero attached hydrogens (tertiary/aromatic N) is 1. The van der Waals surface area contributed by atoms with Gasteiger partial charge in [-0.15, -0.1) is 0 Å². The summed E-state index contributed by atoms with van der Waals surface area (Å²) in [4.78, 5) is 14.1. The second-order valence-electron chi connectivity index (χ2n) is 4.40. The van der Waals surface area contributed by atoms with Gasteiger partial charge in [-0.1, -0.05) is 24.3 Å². The molecule has 0 bridgehead atoms. The zero-order valence-corrected chi connectivity index (χ0v) is 9.65. The number of Topliss-reactive ketones (excluding diaryl/α,β-unsaturated/α-hetero) is 1. The van der Waals surface area contributed by atoms with Crippen molar-refractivity contribution in [3.8, 4) is 0 Å². The minimum atomic E-state index is -0.0692. The van der Waals surface area contributed by atoms with Gasteiger partial charge in [0.15, 0.2) is 5.78 Å². The van der Waals surface area contributed by atoms with Crippen LogP contribution in [0.2, 0.25) is 0 Å². The van der Waals surface area contributed by atoms with E-state index < -0.39 is 0 Å². The fourth-order valence-corrected chi connectivity index (χ4v) is 2.34. The molecule has 3 nitrogen and oxygen atoms in total. The van der Waals surface area contributed by atoms with Crippen LogP contribution < -0.4 is 5.73 Å². The Balaban J connectivity index is 2.30. The van der Waals surface area contributed by atoms with Crippen molar-refractivity contribution < 1.29 is 4.79 Å². The number of hydrogen-bond donors (Lipinski definition) is 1. The van der Waals surface area contributed by atoms with Crippen LogP contribution in [0.5, 0.6) is 0 Å². The van der Waals surface area contributed by atoms with Gasteiger partial charge in [-0.3, -0.25) is 9.69 Å². The van der Waals surface area contributed by atoms with Crippen LogP contribution in [0.3, 0.4) is 0 Å². The molecule has 3 heteroatoms. The average Bonchev–Trinajstić information content (AvgIpc) is 2.29. The lowest BCUT2D eigenvalue weighted by Crippen LogP contribution is -2.36. The van der Waals surface area contributed by atoms with Gasteiger partial charge in [-0.25, -0.2) is 0 Å². The average molecular weight is 218 g/mol. The minimum absolute atomic E-state index is 0.0692. The molecular formula is C13H18N2O. The number of carbonyl (C=O) groups excluding carboxylic acids is 1. The summed E-state index contributed by atoms with van der Waals surface area (Å²) in [5.74, 6) is 0.322. The molecule has 1 aliphatic rings. The molecule has 2 rings (SSSR count). The summed E-state index contributed by atoms with van der Waals surface area (Å²) in [6.07, 6.45) is 1.67. The summed E-state index contributed by atoms with van der Waals surface area (Å²) >= 11 is 0. The standard InChI is InChI=1S/C13H18N2O/c1-15-7-3-6-12(16)13(15)11-5-2-4-10(8-11)9-14/h2,4-5,8,13H,3,6-7,9,14H2,1H3. The molecule has 1 atom stereocenters. The Kier molecular flexibility index (Phi) is 3.36. The van der Waals surface area contributed by atoms with Gasteiger partial charge in [0, 0.05) is 13.0 Å². The summed E-state index contributed by atoms with van der Waals surface area (Å²) in [5.41, 5.74) is 7.79. The van der Waals surface area contributed by atoms with Crippen LogP contribution in [0.4, 0.5) is 0 Å². The molecule has 1 aromatic carbocycles. The maximum Gasteiger partial charge on any atom is 0.154 e. The Morgan fingerprint density at radius 2 is 2.31 bits per heavy atom. The molecule has 0 aliphatic carbocycles. The van der Waals surface area contributed by atoms with Crippen LogP contribution in [0.15, 0.2) is 24.3 Å². The Hall–Kier alpha value is -1.19. The van der Waals surface area contributed by atoms with E-state index in [1.54, 1.807) is 0 Å². The van der Waals surface area contributed by atoms with E-state index in [0.717, 1.165) is 24.1 Å². The summed E-state index contributed by atoms with van der Waals surface area (Å²) in [5, 5.41) is 0. The number of carbonyl (C=O) groups is 1. The van der Waals surface area contributed by atoms with E-state index in [2.05, 4.69) is 4.90 Å². The predicted molar refractivity (Wildman–Crippen MR) is 63.9 cm³/mol. The number of nitrogens with two attached hydrogens (primary N) is 1. The van der Waals surface area contributed by atoms with Crippen molar-refractivity contribution >= 4 is 5.78 Å². The quantitative estimate of drug-likeness (QED) is 0.818. The topological polar surface area (TPSA) is 46.3 Å². The number of likely N-dealkylation sites (N-methyl/N-ethyl adjacent to an activating group) is 1. The Morgan fingerprint density at radius 1 is 1.50 bits per heavy atom. The number of ketones is 1. The first kappa shape index (κ1) is 11.3. The second kappa shape index (κ2) is 4.76. The molecule has 0 amide bonds. The van der Waals surface area contributed by atoms with Crippen LogP contribution >= 0.6 is 0 Å². The van der Waals surface area contributed by atoms with Crippen LogP contribution in [-0.4, -0.2) is 24.3 Å². The fraction of sp³-hybridized carbons (Fsp3) is 0.462. The highest BCUT2D eigenvalue weighted by Gasteiger charge is 2.28. The number of likely N-dealkylation sites (tertiary alicyclic amines) is 1. The van der Waals surface area contributed by atoms with Crippen molar-refractivity contribution in [2.75, 3.05) is 13.6 Å². The number of hydrogen-bond acceptors (Lipinski definition) is 3. The zero-order chi connectivity index (χ0) is 11.5. The summed E-state index contributed by atoms with van der Waals surface area (Å²) in [6, 6.07) is 7.97. The molecular weight excluding hydrogens is 200 g/mol. The normalized spacial score (nSPS) is 22.4. The van der Waals surface area contributed by atoms with Crippen molar-refractivity contribution in [3.05, 3.63) is 35.4 Å². The molecule has 16 heavy (non-hydrogen) atoms. The smallest absolute Gasteiger partial charge is 0.154 e. The number of benzene rings is 1. The van der Waals surface area contributed by atoms with E-state index in [9.17, 15) is 4.79 Å². The number of piperidine rings is 1. The largest absolute Gasteiger partial charge is 0.326 e. The van der Waals surface area contributed by atoms with Crippen LogP contribution in [0, 0.1) is 0 Å². The number of rotatable bonds is 2. The van der Waals surface area contributed by atoms with Crippen molar-refractivity contribution in [1.29, 1.82) is 0 Å². The fourth-order valence-electron chi connectivity index (χ4n) is 2.34. The van der Waals surface area contributed by atoms with Gasteiger partial charge in [0.05, 0.1) is 6.04 Å². The van der Waals surface area contributed by atoms with Crippen LogP contribution in [0.25, 0.3) is 0 Å². The van der Waals surface area contributed by atoms with Gasteiger partial charge in [0.1, 0.15) is 0 Å². The first-order chi connectivity index (χ1) is 7.72. The molecule has 0 aromatic heterocycles. The van der Waals surface area contributed by atoms with Gasteiger partial charge < -0.3 is 5.73 Å². The lowest BCUT2D eigenvalue weighted by Gasteiger charge is -2.31. The van der Waals surface area contributed by atoms with Crippen LogP contribution in [0.1, 0.15) is 30.0 Å². The van der Waals surface area contributed by atoms with E-state index in [1.807, 2.05) is 31.3 Å². The Bertz CT molecular complexity index is 389. The van der Waals surface area contributed by atoms with Gasteiger partial charge in [0.25, 0.3) is 0 Å². The second-order valence-corrected chi connectivity index (χ2v) is 4.40. The Morgan fingerprint density at radius 3 is 3.00 bits per heavy atom. The van der Waals surface area contributed by atoms with Crippen molar-refractivity contribution in [1.82, 2.24) is 4.90 Å². The molecule has 0 radical (unpaired) electrons. The van der Waals surface area contributed by atoms with Gasteiger partial charge in [-0.2, -0.15) is 0 Å². The molecule has 1 fully saturated rings. The summed E-state index contributed by atoms with van der Waals surface area (Å²) in [7, 11) is 2.01. The molecule has 1 unspecified atom stereocenters. The third-order valence-electron chi connectivity index (χ3n) is 3.18. The highest BCUT2D eigenvalue weighted by Crippen LogP contribution is 2.27. The Labute approximate surface area is 96.2 Å². The first-order valence-corrected chi connectivity index (χ1v) is 5.74. The van der Waals surface area contributed by atoms with Gasteiger partial charge >= 0.3 is 0 Å². The minimum Gasteiger partial charge on any atom is -0.326 e. The zero-order valence-electron chi connectivity index (χ0n) is 9.65. The van der Waals surface area contributed by atoms with Crippen LogP contribution in [-0.2, 0) is 11.3 Å². The van der Waals surface area contributed by atoms with Crippen molar-refractivity contribution in [2.24, 2.45) is 5.73 Å². The third kappa shape index (κ3) is 2.15. The summed E-state index contributed by atoms with van der Waals surface area (Å²) in [6.45, 7) is 1.52. The maximum absolute atomic E-state index is 11.9. The van der Waals surface area contributed by atoms with Crippen molar-refractivity contribution in [3.63, 3.8) is 0 Å². The van der Waals surface area contributed by atoms with Gasteiger partial charge in [0.2, 0.25) is 0 Å². The third-order valence-corrected chi connectivity index (χ3v) is 3.18. The van der Waals surface area contributed by atoms with Crippen molar-refractivity contribution in [2.45, 2.75) is 25.4 Å². The van der Waals surface area contributed by atoms with E-state index in [0.29, 0.717) is 18.7 Å². The van der Waals surface area contributed by atoms with E-state index in [4.69, 9.17) is 5.73 Å². The molecule has 1 aromatic rings. The molecule has 86 valence electrons. The first-order valence-electron chi connectivity index (χ1n) is 5.74. The van der Waals surface area contributed by atoms with Gasteiger partial charge in [-0.05, 0) is 31.1 Å². The lowest BCUT2D eigenvalue weighted by molar-refractivity contribution is -0.126. The predicted octanol–water partition coefficient (Wildman–Crippen LogP) is 1.48. The maximum atomic E-state index is 11.9. The molecule has 1 heterocycles. The highest BCUT2D eigenvalue weighted by molar-refractivity contribution is 5.86. The molecule has 1 aliphatic heterocycles. The SMILES string of the molecule is CN1CCCC(=O)C1c1cccc(CN)c1. The highest BCUT2D eigenvalue weighted by atomic mass is 16.1. The summed E-state index contributed by atoms with van der Waals surface area (Å²) < 4.78 is 0. The molecule has 0 spiro atoms. The lowest BCUT2D eigenvalue weighted by atomic mass is 9.93. The monoisotopic (exact) mass is 218 g/mol. The van der Waals surface area contributed by atoms with E-state index in [-0.39, 0.29) is 6.04 Å². The van der Waals surface area contributed by atoms with E-state index in [1.165, 1.54) is 0 Å². The molecule has 0 saturated carbocycles. The molecule has 2 N–H and O–H groups in total. The molecule has 1 saturated heterocycles. The van der Waals surface area contributed by atoms with E-state index >= 15 is 0 Å².